The van der Waals surface area contributed by atoms with Gasteiger partial charge in [0.25, 0.3) is 0 Å². The lowest BCUT2D eigenvalue weighted by molar-refractivity contribution is 0.0696. The summed E-state index contributed by atoms with van der Waals surface area (Å²) in [6, 6.07) is 18.9. The van der Waals surface area contributed by atoms with E-state index in [0.717, 1.165) is 22.3 Å². The van der Waals surface area contributed by atoms with Crippen LogP contribution in [0, 0.1) is 0 Å². The summed E-state index contributed by atoms with van der Waals surface area (Å²) in [5, 5.41) is 23.0. The molecule has 0 spiro atoms. The number of aliphatic hydroxyl groups excluding tert-OH is 1. The van der Waals surface area contributed by atoms with E-state index in [0.29, 0.717) is 13.0 Å². The normalized spacial score (nSPS) is 12.2. The number of aliphatic hydroxyl groups is 1. The van der Waals surface area contributed by atoms with Crippen LogP contribution in [0.5, 0.6) is 0 Å². The van der Waals surface area contributed by atoms with Crippen LogP contribution >= 0.6 is 24.8 Å². The Balaban J connectivity index is 0.00000225. The Hall–Kier alpha value is -2.44. The largest absolute Gasteiger partial charge is 0.478 e. The van der Waals surface area contributed by atoms with Crippen molar-refractivity contribution in [3.8, 4) is 11.1 Å². The minimum atomic E-state index is -0.937. The lowest BCUT2D eigenvalue weighted by Gasteiger charge is -2.19. The molecule has 0 saturated heterocycles. The summed E-state index contributed by atoms with van der Waals surface area (Å²) in [5.41, 5.74) is 4.07. The second-order valence-corrected chi connectivity index (χ2v) is 6.86. The second-order valence-electron chi connectivity index (χ2n) is 6.86. The number of carboxylic acids is 1. The summed E-state index contributed by atoms with van der Waals surface area (Å²) >= 11 is 0. The van der Waals surface area contributed by atoms with Crippen LogP contribution in [0.4, 0.5) is 0 Å². The Labute approximate surface area is 189 Å². The summed E-state index contributed by atoms with van der Waals surface area (Å²) < 4.78 is 0. The summed E-state index contributed by atoms with van der Waals surface area (Å²) in [4.78, 5) is 15.4. The number of hydrogen-bond donors (Lipinski definition) is 3. The van der Waals surface area contributed by atoms with E-state index in [1.165, 1.54) is 0 Å². The van der Waals surface area contributed by atoms with E-state index in [-0.39, 0.29) is 36.4 Å². The average Bonchev–Trinajstić information content (AvgIpc) is 2.73. The average molecular weight is 449 g/mol. The molecular formula is C23H26Cl2N2O3. The van der Waals surface area contributed by atoms with Crippen molar-refractivity contribution in [3.63, 3.8) is 0 Å². The molecule has 0 aliphatic rings. The van der Waals surface area contributed by atoms with Crippen LogP contribution in [0.25, 0.3) is 11.1 Å². The minimum Gasteiger partial charge on any atom is -0.478 e. The van der Waals surface area contributed by atoms with Gasteiger partial charge in [0.05, 0.1) is 11.7 Å². The first-order valence-corrected chi connectivity index (χ1v) is 9.27. The molecule has 160 valence electrons. The third-order valence-corrected chi connectivity index (χ3v) is 4.69. The van der Waals surface area contributed by atoms with Crippen LogP contribution < -0.4 is 5.32 Å². The van der Waals surface area contributed by atoms with Gasteiger partial charge >= 0.3 is 5.97 Å². The topological polar surface area (TPSA) is 82.5 Å². The van der Waals surface area contributed by atoms with Crippen molar-refractivity contribution < 1.29 is 15.0 Å². The highest BCUT2D eigenvalue weighted by Crippen LogP contribution is 2.26. The standard InChI is InChI=1S/C23H24N2O3.2ClH/c1-16(25-15-22(26)19-8-5-11-24-14-19)12-20-13-18(23(27)28)9-10-21(20)17-6-3-2-4-7-17;;/h2-11,13-14,16,22,25-26H,12,15H2,1H3,(H,27,28);2*1H/t16-,22+;;/m1../s1. The van der Waals surface area contributed by atoms with Crippen LogP contribution in [0.3, 0.4) is 0 Å². The Morgan fingerprint density at radius 1 is 1.07 bits per heavy atom. The van der Waals surface area contributed by atoms with Gasteiger partial charge in [0.1, 0.15) is 0 Å². The number of hydrogen-bond acceptors (Lipinski definition) is 4. The van der Waals surface area contributed by atoms with E-state index in [4.69, 9.17) is 0 Å². The number of aromatic carboxylic acids is 1. The highest BCUT2D eigenvalue weighted by atomic mass is 35.5. The Bertz CT molecular complexity index is 924. The maximum absolute atomic E-state index is 11.4. The molecule has 0 saturated carbocycles. The molecule has 30 heavy (non-hydrogen) atoms. The highest BCUT2D eigenvalue weighted by molar-refractivity contribution is 5.89. The fourth-order valence-corrected chi connectivity index (χ4v) is 3.20. The maximum atomic E-state index is 11.4. The van der Waals surface area contributed by atoms with Crippen LogP contribution in [0.1, 0.15) is 34.5 Å². The smallest absolute Gasteiger partial charge is 0.335 e. The first kappa shape index (κ1) is 25.6. The fraction of sp³-hybridized carbons (Fsp3) is 0.217. The van der Waals surface area contributed by atoms with Crippen molar-refractivity contribution >= 4 is 30.8 Å². The Morgan fingerprint density at radius 2 is 1.80 bits per heavy atom. The summed E-state index contributed by atoms with van der Waals surface area (Å²) in [6.07, 6.45) is 3.33. The molecule has 1 heterocycles. The van der Waals surface area contributed by atoms with Gasteiger partial charge < -0.3 is 15.5 Å². The van der Waals surface area contributed by atoms with E-state index in [2.05, 4.69) is 10.3 Å². The SMILES string of the molecule is C[C@H](Cc1cc(C(=O)O)ccc1-c1ccccc1)NC[C@H](O)c1cccnc1.Cl.Cl. The number of nitrogens with zero attached hydrogens (tertiary/aromatic N) is 1. The molecule has 2 atom stereocenters. The first-order valence-electron chi connectivity index (χ1n) is 9.27. The monoisotopic (exact) mass is 448 g/mol. The van der Waals surface area contributed by atoms with Crippen LogP contribution in [-0.2, 0) is 6.42 Å². The number of pyridine rings is 1. The van der Waals surface area contributed by atoms with Gasteiger partial charge in [-0.25, -0.2) is 4.79 Å². The molecule has 5 nitrogen and oxygen atoms in total. The summed E-state index contributed by atoms with van der Waals surface area (Å²) in [6.45, 7) is 2.42. The van der Waals surface area contributed by atoms with Gasteiger partial charge in [-0.1, -0.05) is 42.5 Å². The predicted molar refractivity (Wildman–Crippen MR) is 124 cm³/mol. The Kier molecular flexibility index (Phi) is 10.5. The van der Waals surface area contributed by atoms with Crippen molar-refractivity contribution in [1.29, 1.82) is 0 Å². The lowest BCUT2D eigenvalue weighted by Crippen LogP contribution is -2.32. The number of carboxylic acid groups (broad SMARTS) is 1. The van der Waals surface area contributed by atoms with E-state index < -0.39 is 12.1 Å². The third kappa shape index (κ3) is 6.82. The second kappa shape index (κ2) is 12.3. The predicted octanol–water partition coefficient (Wildman–Crippen LogP) is 4.54. The minimum absolute atomic E-state index is 0. The van der Waals surface area contributed by atoms with E-state index in [9.17, 15) is 15.0 Å². The first-order chi connectivity index (χ1) is 13.5. The molecule has 1 aromatic heterocycles. The van der Waals surface area contributed by atoms with Gasteiger partial charge in [0.2, 0.25) is 0 Å². The van der Waals surface area contributed by atoms with Gasteiger partial charge in [0, 0.05) is 30.5 Å². The molecule has 2 aromatic carbocycles. The number of aromatic nitrogens is 1. The van der Waals surface area contributed by atoms with Crippen LogP contribution in [0.2, 0.25) is 0 Å². The molecule has 0 aliphatic heterocycles. The molecule has 0 unspecified atom stereocenters. The molecule has 3 rings (SSSR count). The number of rotatable bonds is 8. The molecule has 7 heteroatoms. The zero-order chi connectivity index (χ0) is 19.9. The molecular weight excluding hydrogens is 423 g/mol. The number of nitrogens with one attached hydrogen (secondary N) is 1. The zero-order valence-corrected chi connectivity index (χ0v) is 18.2. The molecule has 0 amide bonds. The lowest BCUT2D eigenvalue weighted by atomic mass is 9.93. The third-order valence-electron chi connectivity index (χ3n) is 4.69. The van der Waals surface area contributed by atoms with Crippen molar-refractivity contribution in [2.45, 2.75) is 25.5 Å². The molecule has 0 bridgehead atoms. The van der Waals surface area contributed by atoms with E-state index in [1.807, 2.05) is 49.4 Å². The van der Waals surface area contributed by atoms with Gasteiger partial charge in [-0.3, -0.25) is 4.98 Å². The van der Waals surface area contributed by atoms with Gasteiger partial charge in [-0.05, 0) is 48.2 Å². The van der Waals surface area contributed by atoms with E-state index in [1.54, 1.807) is 30.6 Å². The highest BCUT2D eigenvalue weighted by Gasteiger charge is 2.14. The van der Waals surface area contributed by atoms with Crippen molar-refractivity contribution in [1.82, 2.24) is 10.3 Å². The fourth-order valence-electron chi connectivity index (χ4n) is 3.20. The van der Waals surface area contributed by atoms with Crippen molar-refractivity contribution in [2.24, 2.45) is 0 Å². The number of benzene rings is 2. The Morgan fingerprint density at radius 3 is 2.43 bits per heavy atom. The quantitative estimate of drug-likeness (QED) is 0.470. The molecule has 3 aromatic rings. The number of halogens is 2. The molecule has 0 fully saturated rings. The zero-order valence-electron chi connectivity index (χ0n) is 16.6. The van der Waals surface area contributed by atoms with Gasteiger partial charge in [0.15, 0.2) is 0 Å². The number of carbonyl (C=O) groups is 1. The van der Waals surface area contributed by atoms with Crippen LogP contribution in [0.15, 0.2) is 73.1 Å². The van der Waals surface area contributed by atoms with Crippen LogP contribution in [-0.4, -0.2) is 33.8 Å². The maximum Gasteiger partial charge on any atom is 0.335 e. The molecule has 0 radical (unpaired) electrons. The summed E-state index contributed by atoms with van der Waals surface area (Å²) in [5.74, 6) is -0.937. The summed E-state index contributed by atoms with van der Waals surface area (Å²) in [7, 11) is 0. The van der Waals surface area contributed by atoms with Crippen molar-refractivity contribution in [3.05, 3.63) is 89.7 Å². The van der Waals surface area contributed by atoms with Gasteiger partial charge in [-0.2, -0.15) is 0 Å². The molecule has 3 N–H and O–H groups in total. The van der Waals surface area contributed by atoms with Crippen molar-refractivity contribution in [2.75, 3.05) is 6.54 Å². The van der Waals surface area contributed by atoms with Gasteiger partial charge in [-0.15, -0.1) is 24.8 Å². The molecule has 0 aliphatic carbocycles. The van der Waals surface area contributed by atoms with E-state index >= 15 is 0 Å².